The van der Waals surface area contributed by atoms with Crippen LogP contribution in [0.15, 0.2) is 29.6 Å². The average Bonchev–Trinajstić information content (AvgIpc) is 2.98. The van der Waals surface area contributed by atoms with Crippen LogP contribution in [0.1, 0.15) is 35.9 Å². The maximum absolute atomic E-state index is 9.15. The van der Waals surface area contributed by atoms with Gasteiger partial charge in [0.1, 0.15) is 5.01 Å². The highest BCUT2D eigenvalue weighted by Gasteiger charge is 2.18. The molecule has 3 nitrogen and oxygen atoms in total. The lowest BCUT2D eigenvalue weighted by Gasteiger charge is -2.21. The standard InChI is InChI=1S/C15H15N3S/c16-9-11-5-1-2-6-12(11)14-10-19-15(18-14)13-7-3-4-8-17-13/h1-2,5-6,10,13,17H,3-4,7-8H2. The highest BCUT2D eigenvalue weighted by molar-refractivity contribution is 7.10. The van der Waals surface area contributed by atoms with Gasteiger partial charge in [0, 0.05) is 10.9 Å². The number of nitrogens with one attached hydrogen (secondary N) is 1. The monoisotopic (exact) mass is 269 g/mol. The van der Waals surface area contributed by atoms with Gasteiger partial charge in [-0.05, 0) is 25.5 Å². The van der Waals surface area contributed by atoms with Crippen molar-refractivity contribution in [2.75, 3.05) is 6.54 Å². The summed E-state index contributed by atoms with van der Waals surface area (Å²) in [4.78, 5) is 4.72. The Kier molecular flexibility index (Phi) is 3.58. The van der Waals surface area contributed by atoms with E-state index in [0.717, 1.165) is 29.2 Å². The van der Waals surface area contributed by atoms with Crippen molar-refractivity contribution in [3.05, 3.63) is 40.2 Å². The SMILES string of the molecule is N#Cc1ccccc1-c1csc(C2CCCCN2)n1. The number of nitriles is 1. The van der Waals surface area contributed by atoms with E-state index in [1.807, 2.05) is 24.3 Å². The molecule has 3 rings (SSSR count). The third-order valence-electron chi connectivity index (χ3n) is 3.45. The summed E-state index contributed by atoms with van der Waals surface area (Å²) in [6.07, 6.45) is 3.68. The van der Waals surface area contributed by atoms with Gasteiger partial charge < -0.3 is 5.32 Å². The molecule has 2 aromatic rings. The summed E-state index contributed by atoms with van der Waals surface area (Å²) in [5, 5.41) is 15.9. The molecule has 1 saturated heterocycles. The average molecular weight is 269 g/mol. The third-order valence-corrected chi connectivity index (χ3v) is 4.41. The van der Waals surface area contributed by atoms with E-state index in [-0.39, 0.29) is 0 Å². The van der Waals surface area contributed by atoms with Crippen molar-refractivity contribution < 1.29 is 0 Å². The molecular weight excluding hydrogens is 254 g/mol. The number of hydrogen-bond acceptors (Lipinski definition) is 4. The molecule has 1 aromatic heterocycles. The van der Waals surface area contributed by atoms with Crippen LogP contribution in [0.25, 0.3) is 11.3 Å². The first-order valence-corrected chi connectivity index (χ1v) is 7.45. The first kappa shape index (κ1) is 12.3. The molecular formula is C15H15N3S. The Morgan fingerprint density at radius 2 is 2.21 bits per heavy atom. The lowest BCUT2D eigenvalue weighted by Crippen LogP contribution is -2.26. The molecule has 1 aliphatic rings. The van der Waals surface area contributed by atoms with Gasteiger partial charge in [-0.25, -0.2) is 4.98 Å². The maximum atomic E-state index is 9.15. The predicted octanol–water partition coefficient (Wildman–Crippen LogP) is 3.50. The fourth-order valence-corrected chi connectivity index (χ4v) is 3.37. The Balaban J connectivity index is 1.90. The lowest BCUT2D eigenvalue weighted by atomic mass is 10.1. The molecule has 0 saturated carbocycles. The van der Waals surface area contributed by atoms with Gasteiger partial charge in [-0.3, -0.25) is 0 Å². The lowest BCUT2D eigenvalue weighted by molar-refractivity contribution is 0.411. The van der Waals surface area contributed by atoms with Crippen LogP contribution >= 0.6 is 11.3 Å². The Morgan fingerprint density at radius 1 is 1.32 bits per heavy atom. The quantitative estimate of drug-likeness (QED) is 0.907. The van der Waals surface area contributed by atoms with E-state index in [9.17, 15) is 0 Å². The Morgan fingerprint density at radius 3 is 3.00 bits per heavy atom. The summed E-state index contributed by atoms with van der Waals surface area (Å²) in [5.74, 6) is 0. The van der Waals surface area contributed by atoms with Crippen LogP contribution < -0.4 is 5.32 Å². The van der Waals surface area contributed by atoms with Crippen molar-refractivity contribution >= 4 is 11.3 Å². The van der Waals surface area contributed by atoms with Gasteiger partial charge in [-0.1, -0.05) is 24.6 Å². The molecule has 0 aliphatic carbocycles. The minimum absolute atomic E-state index is 0.391. The molecule has 19 heavy (non-hydrogen) atoms. The fourth-order valence-electron chi connectivity index (χ4n) is 2.44. The first-order chi connectivity index (χ1) is 9.38. The van der Waals surface area contributed by atoms with Crippen molar-refractivity contribution in [2.45, 2.75) is 25.3 Å². The van der Waals surface area contributed by atoms with Gasteiger partial charge in [0.2, 0.25) is 0 Å². The second-order valence-corrected chi connectivity index (χ2v) is 5.62. The zero-order valence-corrected chi connectivity index (χ0v) is 11.4. The molecule has 4 heteroatoms. The number of nitrogens with zero attached hydrogens (tertiary/aromatic N) is 2. The first-order valence-electron chi connectivity index (χ1n) is 6.57. The molecule has 1 fully saturated rings. The van der Waals surface area contributed by atoms with E-state index in [4.69, 9.17) is 10.2 Å². The number of rotatable bonds is 2. The summed E-state index contributed by atoms with van der Waals surface area (Å²) in [6.45, 7) is 1.08. The summed E-state index contributed by atoms with van der Waals surface area (Å²) >= 11 is 1.69. The summed E-state index contributed by atoms with van der Waals surface area (Å²) in [6, 6.07) is 10.3. The van der Waals surface area contributed by atoms with Crippen molar-refractivity contribution in [1.29, 1.82) is 5.26 Å². The zero-order valence-electron chi connectivity index (χ0n) is 10.6. The highest BCUT2D eigenvalue weighted by atomic mass is 32.1. The highest BCUT2D eigenvalue weighted by Crippen LogP contribution is 2.30. The van der Waals surface area contributed by atoms with Crippen molar-refractivity contribution in [3.8, 4) is 17.3 Å². The van der Waals surface area contributed by atoms with E-state index < -0.39 is 0 Å². The van der Waals surface area contributed by atoms with E-state index >= 15 is 0 Å². The van der Waals surface area contributed by atoms with E-state index in [1.165, 1.54) is 12.8 Å². The van der Waals surface area contributed by atoms with Gasteiger partial charge in [0.25, 0.3) is 0 Å². The number of thiazole rings is 1. The van der Waals surface area contributed by atoms with Crippen molar-refractivity contribution in [3.63, 3.8) is 0 Å². The maximum Gasteiger partial charge on any atom is 0.110 e. The predicted molar refractivity (Wildman–Crippen MR) is 76.9 cm³/mol. The number of aromatic nitrogens is 1. The zero-order chi connectivity index (χ0) is 13.1. The fraction of sp³-hybridized carbons (Fsp3) is 0.333. The van der Waals surface area contributed by atoms with Gasteiger partial charge in [0.05, 0.1) is 23.4 Å². The van der Waals surface area contributed by atoms with E-state index in [1.54, 1.807) is 11.3 Å². The summed E-state index contributed by atoms with van der Waals surface area (Å²) < 4.78 is 0. The minimum atomic E-state index is 0.391. The summed E-state index contributed by atoms with van der Waals surface area (Å²) in [5.41, 5.74) is 2.55. The normalized spacial score (nSPS) is 19.0. The van der Waals surface area contributed by atoms with E-state index in [2.05, 4.69) is 16.8 Å². The molecule has 0 radical (unpaired) electrons. The number of hydrogen-bond donors (Lipinski definition) is 1. The molecule has 0 spiro atoms. The van der Waals surface area contributed by atoms with Crippen LogP contribution in [-0.2, 0) is 0 Å². The third kappa shape index (κ3) is 2.53. The summed E-state index contributed by atoms with van der Waals surface area (Å²) in [7, 11) is 0. The molecule has 2 heterocycles. The van der Waals surface area contributed by atoms with Crippen LogP contribution in [0.2, 0.25) is 0 Å². The van der Waals surface area contributed by atoms with E-state index in [0.29, 0.717) is 11.6 Å². The molecule has 1 unspecified atom stereocenters. The molecule has 0 bridgehead atoms. The van der Waals surface area contributed by atoms with Crippen LogP contribution in [0, 0.1) is 11.3 Å². The topological polar surface area (TPSA) is 48.7 Å². The van der Waals surface area contributed by atoms with Crippen LogP contribution in [0.5, 0.6) is 0 Å². The Bertz CT molecular complexity index is 606. The van der Waals surface area contributed by atoms with Gasteiger partial charge in [-0.2, -0.15) is 5.26 Å². The minimum Gasteiger partial charge on any atom is -0.308 e. The molecule has 1 atom stereocenters. The largest absolute Gasteiger partial charge is 0.308 e. The van der Waals surface area contributed by atoms with Crippen molar-refractivity contribution in [1.82, 2.24) is 10.3 Å². The van der Waals surface area contributed by atoms with Crippen LogP contribution in [-0.4, -0.2) is 11.5 Å². The molecule has 1 aromatic carbocycles. The number of piperidine rings is 1. The molecule has 1 aliphatic heterocycles. The second kappa shape index (κ2) is 5.52. The Labute approximate surface area is 116 Å². The molecule has 0 amide bonds. The van der Waals surface area contributed by atoms with Crippen molar-refractivity contribution in [2.24, 2.45) is 0 Å². The van der Waals surface area contributed by atoms with Crippen LogP contribution in [0.4, 0.5) is 0 Å². The number of benzene rings is 1. The molecule has 96 valence electrons. The smallest absolute Gasteiger partial charge is 0.110 e. The second-order valence-electron chi connectivity index (χ2n) is 4.73. The Hall–Kier alpha value is -1.70. The molecule has 1 N–H and O–H groups in total. The van der Waals surface area contributed by atoms with Gasteiger partial charge in [0.15, 0.2) is 0 Å². The van der Waals surface area contributed by atoms with Gasteiger partial charge >= 0.3 is 0 Å². The van der Waals surface area contributed by atoms with Gasteiger partial charge in [-0.15, -0.1) is 11.3 Å². The van der Waals surface area contributed by atoms with Crippen LogP contribution in [0.3, 0.4) is 0 Å².